The van der Waals surface area contributed by atoms with E-state index in [4.69, 9.17) is 4.42 Å². The minimum Gasteiger partial charge on any atom is -0.467 e. The molecule has 0 fully saturated rings. The van der Waals surface area contributed by atoms with Gasteiger partial charge in [0.15, 0.2) is 0 Å². The van der Waals surface area contributed by atoms with Gasteiger partial charge in [-0.1, -0.05) is 13.0 Å². The quantitative estimate of drug-likeness (QED) is 0.812. The third-order valence-corrected chi connectivity index (χ3v) is 4.97. The van der Waals surface area contributed by atoms with Gasteiger partial charge in [0, 0.05) is 11.6 Å². The molecule has 0 aliphatic carbocycles. The summed E-state index contributed by atoms with van der Waals surface area (Å²) in [5.41, 5.74) is 0.281. The predicted octanol–water partition coefficient (Wildman–Crippen LogP) is 2.29. The molecule has 0 spiro atoms. The van der Waals surface area contributed by atoms with Crippen molar-refractivity contribution in [3.63, 3.8) is 0 Å². The van der Waals surface area contributed by atoms with Crippen LogP contribution >= 0.6 is 0 Å². The van der Waals surface area contributed by atoms with Crippen LogP contribution in [0.5, 0.6) is 0 Å². The Morgan fingerprint density at radius 2 is 2.04 bits per heavy atom. The van der Waals surface area contributed by atoms with E-state index in [2.05, 4.69) is 10.0 Å². The monoisotopic (exact) mass is 336 g/mol. The van der Waals surface area contributed by atoms with Crippen molar-refractivity contribution in [1.82, 2.24) is 10.0 Å². The molecule has 0 saturated heterocycles. The van der Waals surface area contributed by atoms with Crippen molar-refractivity contribution in [2.45, 2.75) is 37.8 Å². The van der Waals surface area contributed by atoms with Crippen LogP contribution in [0.3, 0.4) is 0 Å². The maximum atomic E-state index is 12.3. The van der Waals surface area contributed by atoms with Crippen LogP contribution in [-0.4, -0.2) is 20.4 Å². The van der Waals surface area contributed by atoms with Crippen LogP contribution in [0.15, 0.2) is 52.0 Å². The van der Waals surface area contributed by atoms with Gasteiger partial charge in [0.1, 0.15) is 5.76 Å². The number of nitrogens with one attached hydrogen (secondary N) is 2. The molecule has 1 amide bonds. The number of furan rings is 1. The molecule has 124 valence electrons. The van der Waals surface area contributed by atoms with Crippen LogP contribution in [0.1, 0.15) is 36.4 Å². The summed E-state index contributed by atoms with van der Waals surface area (Å²) in [5, 5.41) is 2.68. The van der Waals surface area contributed by atoms with Crippen molar-refractivity contribution in [3.8, 4) is 0 Å². The van der Waals surface area contributed by atoms with Gasteiger partial charge in [-0.25, -0.2) is 13.1 Å². The summed E-state index contributed by atoms with van der Waals surface area (Å²) in [4.78, 5) is 12.2. The molecule has 1 heterocycles. The normalized spacial score (nSPS) is 12.8. The third-order valence-electron chi connectivity index (χ3n) is 3.38. The lowest BCUT2D eigenvalue weighted by Gasteiger charge is -2.12. The highest BCUT2D eigenvalue weighted by Crippen LogP contribution is 2.13. The number of hydrogen-bond donors (Lipinski definition) is 2. The molecule has 0 saturated carbocycles. The van der Waals surface area contributed by atoms with E-state index in [1.807, 2.05) is 6.92 Å². The second-order valence-corrected chi connectivity index (χ2v) is 6.93. The molecule has 2 N–H and O–H groups in total. The van der Waals surface area contributed by atoms with Gasteiger partial charge in [0.2, 0.25) is 10.0 Å². The van der Waals surface area contributed by atoms with E-state index in [0.29, 0.717) is 12.2 Å². The van der Waals surface area contributed by atoms with Crippen molar-refractivity contribution in [2.75, 3.05) is 0 Å². The zero-order valence-corrected chi connectivity index (χ0v) is 13.9. The number of amides is 1. The second kappa shape index (κ2) is 7.43. The summed E-state index contributed by atoms with van der Waals surface area (Å²) in [7, 11) is -3.63. The number of rotatable bonds is 7. The lowest BCUT2D eigenvalue weighted by Crippen LogP contribution is -2.32. The fourth-order valence-electron chi connectivity index (χ4n) is 1.90. The molecule has 0 aliphatic heterocycles. The number of sulfonamides is 1. The zero-order chi connectivity index (χ0) is 16.9. The molecule has 0 aliphatic rings. The van der Waals surface area contributed by atoms with Gasteiger partial charge < -0.3 is 9.73 Å². The zero-order valence-electron chi connectivity index (χ0n) is 13.1. The minimum absolute atomic E-state index is 0.0726. The molecule has 0 radical (unpaired) electrons. The highest BCUT2D eigenvalue weighted by molar-refractivity contribution is 7.89. The Morgan fingerprint density at radius 3 is 2.70 bits per heavy atom. The Morgan fingerprint density at radius 1 is 1.26 bits per heavy atom. The molecule has 1 aromatic heterocycles. The van der Waals surface area contributed by atoms with Crippen molar-refractivity contribution in [2.24, 2.45) is 0 Å². The van der Waals surface area contributed by atoms with Gasteiger partial charge in [0.25, 0.3) is 5.91 Å². The second-order valence-electron chi connectivity index (χ2n) is 5.22. The molecule has 6 nitrogen and oxygen atoms in total. The van der Waals surface area contributed by atoms with E-state index in [9.17, 15) is 13.2 Å². The number of carbonyl (C=O) groups is 1. The number of hydrogen-bond acceptors (Lipinski definition) is 4. The average Bonchev–Trinajstić information content (AvgIpc) is 3.05. The third kappa shape index (κ3) is 4.67. The van der Waals surface area contributed by atoms with Crippen molar-refractivity contribution >= 4 is 15.9 Å². The van der Waals surface area contributed by atoms with Gasteiger partial charge in [0.05, 0.1) is 17.7 Å². The standard InChI is InChI=1S/C16H20N2O4S/c1-3-12(2)18-23(20,21)15-8-4-6-13(10-15)16(19)17-11-14-7-5-9-22-14/h4-10,12,18H,3,11H2,1-2H3,(H,17,19). The number of carbonyl (C=O) groups excluding carboxylic acids is 1. The summed E-state index contributed by atoms with van der Waals surface area (Å²) in [6.07, 6.45) is 2.21. The molecular formula is C16H20N2O4S. The van der Waals surface area contributed by atoms with Gasteiger partial charge in [-0.2, -0.15) is 0 Å². The summed E-state index contributed by atoms with van der Waals surface area (Å²) < 4.78 is 32.2. The van der Waals surface area contributed by atoms with Crippen LogP contribution in [0.4, 0.5) is 0 Å². The van der Waals surface area contributed by atoms with E-state index < -0.39 is 10.0 Å². The average molecular weight is 336 g/mol. The maximum absolute atomic E-state index is 12.3. The van der Waals surface area contributed by atoms with E-state index in [0.717, 1.165) is 0 Å². The summed E-state index contributed by atoms with van der Waals surface area (Å²) in [6, 6.07) is 9.26. The first-order chi connectivity index (χ1) is 10.9. The lowest BCUT2D eigenvalue weighted by molar-refractivity contribution is 0.0948. The predicted molar refractivity (Wildman–Crippen MR) is 86.4 cm³/mol. The number of benzene rings is 1. The van der Waals surface area contributed by atoms with E-state index in [-0.39, 0.29) is 29.0 Å². The Kier molecular flexibility index (Phi) is 5.57. The van der Waals surface area contributed by atoms with Gasteiger partial charge in [-0.3, -0.25) is 4.79 Å². The Bertz CT molecular complexity index is 754. The lowest BCUT2D eigenvalue weighted by atomic mass is 10.2. The molecule has 2 rings (SSSR count). The highest BCUT2D eigenvalue weighted by atomic mass is 32.2. The summed E-state index contributed by atoms with van der Waals surface area (Å²) >= 11 is 0. The van der Waals surface area contributed by atoms with Crippen molar-refractivity contribution in [3.05, 3.63) is 54.0 Å². The topological polar surface area (TPSA) is 88.4 Å². The van der Waals surface area contributed by atoms with Gasteiger partial charge >= 0.3 is 0 Å². The molecular weight excluding hydrogens is 316 g/mol. The van der Waals surface area contributed by atoms with Gasteiger partial charge in [-0.15, -0.1) is 0 Å². The van der Waals surface area contributed by atoms with E-state index in [1.165, 1.54) is 18.4 Å². The first kappa shape index (κ1) is 17.2. The van der Waals surface area contributed by atoms with Crippen molar-refractivity contribution < 1.29 is 17.6 Å². The minimum atomic E-state index is -3.63. The van der Waals surface area contributed by atoms with E-state index >= 15 is 0 Å². The molecule has 1 atom stereocenters. The smallest absolute Gasteiger partial charge is 0.251 e. The maximum Gasteiger partial charge on any atom is 0.251 e. The van der Waals surface area contributed by atoms with Crippen LogP contribution in [0.2, 0.25) is 0 Å². The molecule has 23 heavy (non-hydrogen) atoms. The van der Waals surface area contributed by atoms with Crippen LogP contribution in [0.25, 0.3) is 0 Å². The summed E-state index contributed by atoms with van der Waals surface area (Å²) in [6.45, 7) is 3.93. The summed E-state index contributed by atoms with van der Waals surface area (Å²) in [5.74, 6) is 0.266. The van der Waals surface area contributed by atoms with Crippen LogP contribution in [0, 0.1) is 0 Å². The molecule has 1 unspecified atom stereocenters. The Hall–Kier alpha value is -2.12. The van der Waals surface area contributed by atoms with E-state index in [1.54, 1.807) is 31.2 Å². The molecule has 7 heteroatoms. The van der Waals surface area contributed by atoms with Crippen molar-refractivity contribution in [1.29, 1.82) is 0 Å². The molecule has 0 bridgehead atoms. The fraction of sp³-hybridized carbons (Fsp3) is 0.312. The van der Waals surface area contributed by atoms with Crippen LogP contribution < -0.4 is 10.0 Å². The molecule has 1 aromatic carbocycles. The highest BCUT2D eigenvalue weighted by Gasteiger charge is 2.18. The van der Waals surface area contributed by atoms with Crippen LogP contribution in [-0.2, 0) is 16.6 Å². The largest absolute Gasteiger partial charge is 0.467 e. The molecule has 2 aromatic rings. The SMILES string of the molecule is CCC(C)NS(=O)(=O)c1cccc(C(=O)NCc2ccco2)c1. The Balaban J connectivity index is 2.11. The first-order valence-electron chi connectivity index (χ1n) is 7.35. The van der Waals surface area contributed by atoms with Gasteiger partial charge in [-0.05, 0) is 43.7 Å². The first-order valence-corrected chi connectivity index (χ1v) is 8.83. The fourth-order valence-corrected chi connectivity index (χ4v) is 3.28. The Labute approximate surface area is 135 Å².